The molecule has 14 heteroatoms. The number of halogens is 4. The maximum absolute atomic E-state index is 14.7. The molecule has 0 aliphatic carbocycles. The zero-order valence-corrected chi connectivity index (χ0v) is 18.6. The third-order valence-corrected chi connectivity index (χ3v) is 5.88. The molecule has 10 nitrogen and oxygen atoms in total. The van der Waals surface area contributed by atoms with E-state index in [0.29, 0.717) is 16.6 Å². The summed E-state index contributed by atoms with van der Waals surface area (Å²) in [5.41, 5.74) is 1.21. The number of alkyl halides is 3. The Bertz CT molecular complexity index is 1420. The van der Waals surface area contributed by atoms with Crippen molar-refractivity contribution in [3.05, 3.63) is 30.2 Å². The van der Waals surface area contributed by atoms with E-state index >= 15 is 0 Å². The van der Waals surface area contributed by atoms with Gasteiger partial charge in [0.25, 0.3) is 6.43 Å². The van der Waals surface area contributed by atoms with Gasteiger partial charge in [0.1, 0.15) is 23.7 Å². The Morgan fingerprint density at radius 3 is 2.80 bits per heavy atom. The lowest BCUT2D eigenvalue weighted by molar-refractivity contribution is -0.128. The lowest BCUT2D eigenvalue weighted by Crippen LogP contribution is -2.32. The van der Waals surface area contributed by atoms with Gasteiger partial charge in [0.05, 0.1) is 25.2 Å². The van der Waals surface area contributed by atoms with Gasteiger partial charge < -0.3 is 15.0 Å². The van der Waals surface area contributed by atoms with Gasteiger partial charge in [-0.05, 0) is 23.8 Å². The number of fused-ring (bicyclic) bond motifs is 2. The van der Waals surface area contributed by atoms with Gasteiger partial charge in [0.15, 0.2) is 5.82 Å². The first kappa shape index (κ1) is 22.8. The van der Waals surface area contributed by atoms with E-state index in [-0.39, 0.29) is 41.9 Å². The van der Waals surface area contributed by atoms with Crippen molar-refractivity contribution in [2.24, 2.45) is 0 Å². The van der Waals surface area contributed by atoms with Gasteiger partial charge in [-0.2, -0.15) is 4.98 Å². The number of rotatable bonds is 6. The van der Waals surface area contributed by atoms with Crippen molar-refractivity contribution in [3.8, 4) is 17.0 Å². The largest absolute Gasteiger partial charge is 0.479 e. The lowest BCUT2D eigenvalue weighted by atomic mass is 10.1. The van der Waals surface area contributed by atoms with E-state index in [4.69, 9.17) is 4.74 Å². The molecule has 184 valence electrons. The Balaban J connectivity index is 1.53. The van der Waals surface area contributed by atoms with Gasteiger partial charge in [-0.15, -0.1) is 10.2 Å². The van der Waals surface area contributed by atoms with Crippen LogP contribution < -0.4 is 10.1 Å². The summed E-state index contributed by atoms with van der Waals surface area (Å²) in [6.07, 6.45) is -2.40. The Labute approximate surface area is 195 Å². The van der Waals surface area contributed by atoms with Crippen molar-refractivity contribution in [1.82, 2.24) is 34.5 Å². The Kier molecular flexibility index (Phi) is 5.65. The fourth-order valence-electron chi connectivity index (χ4n) is 4.20. The minimum absolute atomic E-state index is 0.0227. The zero-order chi connectivity index (χ0) is 24.9. The molecule has 1 saturated heterocycles. The first-order chi connectivity index (χ1) is 16.7. The van der Waals surface area contributed by atoms with Gasteiger partial charge in [-0.25, -0.2) is 26.8 Å². The number of nitrogens with zero attached hydrogens (tertiary/aromatic N) is 7. The van der Waals surface area contributed by atoms with E-state index in [0.717, 1.165) is 4.68 Å². The van der Waals surface area contributed by atoms with Crippen molar-refractivity contribution in [3.63, 3.8) is 0 Å². The van der Waals surface area contributed by atoms with Crippen molar-refractivity contribution in [2.75, 3.05) is 25.5 Å². The highest BCUT2D eigenvalue weighted by molar-refractivity contribution is 5.89. The third kappa shape index (κ3) is 4.08. The van der Waals surface area contributed by atoms with E-state index in [1.54, 1.807) is 12.3 Å². The minimum Gasteiger partial charge on any atom is -0.479 e. The molecule has 1 fully saturated rings. The summed E-state index contributed by atoms with van der Waals surface area (Å²) >= 11 is 0. The summed E-state index contributed by atoms with van der Waals surface area (Å²) in [5, 5.41) is 14.5. The van der Waals surface area contributed by atoms with Crippen LogP contribution in [0.3, 0.4) is 0 Å². The number of ether oxygens (including phenoxy) is 1. The standard InChI is InChI=1S/C21H20F4N8O2/c1-10(34)31-7-14(23)15(8-31)26-21-27-20(35-2)19-12(3-4-32(19)29-21)11-5-13(22)18-16(6-11)33(30-28-18)9-17(24)25/h3-6,14-15,17H,7-9H2,1-2H3,(H,26,29)/t14-,15+/m0/s1. The highest BCUT2D eigenvalue weighted by atomic mass is 19.3. The monoisotopic (exact) mass is 492 g/mol. The number of hydrogen-bond donors (Lipinski definition) is 1. The van der Waals surface area contributed by atoms with E-state index in [1.807, 2.05) is 0 Å². The van der Waals surface area contributed by atoms with Crippen LogP contribution in [0.15, 0.2) is 24.4 Å². The molecular formula is C21H20F4N8O2. The number of hydrogen-bond acceptors (Lipinski definition) is 7. The molecule has 0 unspecified atom stereocenters. The number of methoxy groups -OCH3 is 1. The van der Waals surface area contributed by atoms with Gasteiger partial charge in [-0.1, -0.05) is 5.21 Å². The molecule has 5 rings (SSSR count). The second-order valence-corrected chi connectivity index (χ2v) is 8.15. The number of likely N-dealkylation sites (tertiary alicyclic amines) is 1. The highest BCUT2D eigenvalue weighted by Gasteiger charge is 2.35. The average molecular weight is 492 g/mol. The fraction of sp³-hybridized carbons (Fsp3) is 0.381. The molecule has 1 aliphatic heterocycles. The number of amides is 1. The molecule has 0 radical (unpaired) electrons. The second kappa shape index (κ2) is 8.67. The summed E-state index contributed by atoms with van der Waals surface area (Å²) in [4.78, 5) is 17.3. The molecular weight excluding hydrogens is 472 g/mol. The number of benzene rings is 1. The van der Waals surface area contributed by atoms with Crippen LogP contribution in [0.4, 0.5) is 23.5 Å². The Hall–Kier alpha value is -3.97. The first-order valence-corrected chi connectivity index (χ1v) is 10.7. The predicted molar refractivity (Wildman–Crippen MR) is 117 cm³/mol. The van der Waals surface area contributed by atoms with Crippen LogP contribution in [0.25, 0.3) is 27.7 Å². The number of nitrogens with one attached hydrogen (secondary N) is 1. The van der Waals surface area contributed by atoms with Crippen LogP contribution in [0.5, 0.6) is 5.88 Å². The molecule has 0 spiro atoms. The van der Waals surface area contributed by atoms with Crippen molar-refractivity contribution >= 4 is 28.4 Å². The SMILES string of the molecule is COc1nc(N[C@@H]2CN(C(C)=O)C[C@@H]2F)nn2ccc(-c3cc(F)c4nnn(CC(F)F)c4c3)c12. The second-order valence-electron chi connectivity index (χ2n) is 8.15. The van der Waals surface area contributed by atoms with Gasteiger partial charge >= 0.3 is 0 Å². The number of carbonyl (C=O) groups is 1. The van der Waals surface area contributed by atoms with Crippen LogP contribution in [-0.4, -0.2) is 79.2 Å². The first-order valence-electron chi connectivity index (χ1n) is 10.7. The summed E-state index contributed by atoms with van der Waals surface area (Å²) in [6, 6.07) is 3.66. The average Bonchev–Trinajstić information content (AvgIpc) is 3.51. The Morgan fingerprint density at radius 1 is 1.31 bits per heavy atom. The molecule has 35 heavy (non-hydrogen) atoms. The van der Waals surface area contributed by atoms with Crippen LogP contribution in [0.1, 0.15) is 6.92 Å². The smallest absolute Gasteiger partial charge is 0.258 e. The van der Waals surface area contributed by atoms with E-state index in [2.05, 4.69) is 25.7 Å². The molecule has 1 aliphatic rings. The number of carbonyl (C=O) groups excluding carboxylic acids is 1. The van der Waals surface area contributed by atoms with Crippen molar-refractivity contribution < 1.29 is 27.1 Å². The molecule has 0 saturated carbocycles. The minimum atomic E-state index is -2.69. The number of anilines is 1. The van der Waals surface area contributed by atoms with Crippen molar-refractivity contribution in [1.29, 1.82) is 0 Å². The molecule has 3 aromatic heterocycles. The molecule has 1 N–H and O–H groups in total. The maximum Gasteiger partial charge on any atom is 0.258 e. The van der Waals surface area contributed by atoms with Crippen LogP contribution in [0.2, 0.25) is 0 Å². The molecule has 0 bridgehead atoms. The van der Waals surface area contributed by atoms with Gasteiger partial charge in [0, 0.05) is 25.2 Å². The molecule has 4 heterocycles. The van der Waals surface area contributed by atoms with E-state index in [9.17, 15) is 22.4 Å². The van der Waals surface area contributed by atoms with Crippen LogP contribution >= 0.6 is 0 Å². The molecule has 1 aromatic carbocycles. The highest BCUT2D eigenvalue weighted by Crippen LogP contribution is 2.34. The van der Waals surface area contributed by atoms with Gasteiger partial charge in [0.2, 0.25) is 17.7 Å². The van der Waals surface area contributed by atoms with Crippen molar-refractivity contribution in [2.45, 2.75) is 32.1 Å². The lowest BCUT2D eigenvalue weighted by Gasteiger charge is -2.16. The molecule has 4 aromatic rings. The van der Waals surface area contributed by atoms with Crippen LogP contribution in [0, 0.1) is 5.82 Å². The summed E-state index contributed by atoms with van der Waals surface area (Å²) in [5.74, 6) is -0.745. The fourth-order valence-corrected chi connectivity index (χ4v) is 4.20. The van der Waals surface area contributed by atoms with E-state index < -0.39 is 31.0 Å². The predicted octanol–water partition coefficient (Wildman–Crippen LogP) is 2.53. The topological polar surface area (TPSA) is 102 Å². The van der Waals surface area contributed by atoms with Crippen LogP contribution in [-0.2, 0) is 11.3 Å². The summed E-state index contributed by atoms with van der Waals surface area (Å²) in [6.45, 7) is 0.787. The Morgan fingerprint density at radius 2 is 2.11 bits per heavy atom. The normalized spacial score (nSPS) is 18.2. The zero-order valence-electron chi connectivity index (χ0n) is 18.6. The van der Waals surface area contributed by atoms with E-state index in [1.165, 1.54) is 35.6 Å². The number of aromatic nitrogens is 6. The molecule has 1 amide bonds. The quantitative estimate of drug-likeness (QED) is 0.413. The summed E-state index contributed by atoms with van der Waals surface area (Å²) < 4.78 is 62.8. The molecule has 2 atom stereocenters. The third-order valence-electron chi connectivity index (χ3n) is 5.88. The van der Waals surface area contributed by atoms with Gasteiger partial charge in [-0.3, -0.25) is 4.79 Å². The summed E-state index contributed by atoms with van der Waals surface area (Å²) in [7, 11) is 1.39. The maximum atomic E-state index is 14.7.